The molecular formula is C15H30FN. The van der Waals surface area contributed by atoms with Gasteiger partial charge in [-0.05, 0) is 51.9 Å². The fourth-order valence-corrected chi connectivity index (χ4v) is 2.43. The Bertz CT molecular complexity index is 239. The van der Waals surface area contributed by atoms with Gasteiger partial charge in [-0.1, -0.05) is 20.8 Å². The molecule has 0 bridgehead atoms. The minimum Gasteiger partial charge on any atom is -0.298 e. The molecule has 0 spiro atoms. The molecule has 1 saturated heterocycles. The molecule has 0 aromatic heterocycles. The third-order valence-electron chi connectivity index (χ3n) is 3.93. The smallest absolute Gasteiger partial charge is 0.113 e. The van der Waals surface area contributed by atoms with Crippen molar-refractivity contribution in [2.45, 2.75) is 78.4 Å². The molecule has 0 unspecified atom stereocenters. The number of alkyl halides is 1. The van der Waals surface area contributed by atoms with Crippen molar-refractivity contribution in [1.29, 1.82) is 0 Å². The van der Waals surface area contributed by atoms with Crippen molar-refractivity contribution in [1.82, 2.24) is 4.90 Å². The molecule has 0 N–H and O–H groups in total. The summed E-state index contributed by atoms with van der Waals surface area (Å²) in [5, 5.41) is 0. The molecule has 17 heavy (non-hydrogen) atoms. The van der Waals surface area contributed by atoms with Gasteiger partial charge in [0, 0.05) is 18.6 Å². The van der Waals surface area contributed by atoms with Gasteiger partial charge in [0.1, 0.15) is 5.67 Å². The van der Waals surface area contributed by atoms with Gasteiger partial charge in [0.2, 0.25) is 0 Å². The first kappa shape index (κ1) is 14.9. The molecule has 0 atom stereocenters. The number of hydrogen-bond donors (Lipinski definition) is 0. The van der Waals surface area contributed by atoms with Crippen molar-refractivity contribution < 1.29 is 4.39 Å². The maximum Gasteiger partial charge on any atom is 0.113 e. The minimum atomic E-state index is -0.908. The van der Waals surface area contributed by atoms with Crippen LogP contribution in [0.15, 0.2) is 0 Å². The van der Waals surface area contributed by atoms with Crippen LogP contribution in [0.3, 0.4) is 0 Å². The van der Waals surface area contributed by atoms with Gasteiger partial charge in [0.25, 0.3) is 0 Å². The quantitative estimate of drug-likeness (QED) is 0.694. The second-order valence-electron chi connectivity index (χ2n) is 7.87. The Kier molecular flexibility index (Phi) is 4.28. The summed E-state index contributed by atoms with van der Waals surface area (Å²) in [6.07, 6.45) is 3.13. The first-order valence-electron chi connectivity index (χ1n) is 6.96. The van der Waals surface area contributed by atoms with Crippen molar-refractivity contribution in [3.05, 3.63) is 0 Å². The summed E-state index contributed by atoms with van der Waals surface area (Å²) < 4.78 is 14.6. The van der Waals surface area contributed by atoms with Crippen molar-refractivity contribution in [3.8, 4) is 0 Å². The van der Waals surface area contributed by atoms with E-state index in [1.54, 1.807) is 0 Å². The Morgan fingerprint density at radius 3 is 1.82 bits per heavy atom. The first-order chi connectivity index (χ1) is 7.52. The van der Waals surface area contributed by atoms with Crippen LogP contribution in [0.25, 0.3) is 0 Å². The van der Waals surface area contributed by atoms with Gasteiger partial charge < -0.3 is 0 Å². The highest BCUT2D eigenvalue weighted by Gasteiger charge is 2.37. The normalized spacial score (nSPS) is 22.8. The Balaban J connectivity index is 2.44. The molecule has 0 amide bonds. The van der Waals surface area contributed by atoms with Crippen LogP contribution >= 0.6 is 0 Å². The molecule has 1 aliphatic heterocycles. The van der Waals surface area contributed by atoms with Crippen molar-refractivity contribution in [3.63, 3.8) is 0 Å². The van der Waals surface area contributed by atoms with Gasteiger partial charge in [0.15, 0.2) is 0 Å². The first-order valence-corrected chi connectivity index (χ1v) is 6.96. The van der Waals surface area contributed by atoms with Crippen LogP contribution in [0.4, 0.5) is 4.39 Å². The molecule has 0 aromatic carbocycles. The van der Waals surface area contributed by atoms with Crippen LogP contribution in [-0.2, 0) is 0 Å². The monoisotopic (exact) mass is 243 g/mol. The fourth-order valence-electron chi connectivity index (χ4n) is 2.43. The molecule has 0 aromatic rings. The molecule has 0 radical (unpaired) electrons. The van der Waals surface area contributed by atoms with E-state index in [4.69, 9.17) is 0 Å². The summed E-state index contributed by atoms with van der Waals surface area (Å²) in [7, 11) is 0. The SMILES string of the molecule is CC(C)(C)CCC1(F)CCN(C(C)(C)C)CC1. The van der Waals surface area contributed by atoms with Crippen LogP contribution < -0.4 is 0 Å². The zero-order valence-electron chi connectivity index (χ0n) is 12.6. The lowest BCUT2D eigenvalue weighted by atomic mass is 9.81. The average molecular weight is 243 g/mol. The molecule has 0 aliphatic carbocycles. The highest BCUT2D eigenvalue weighted by molar-refractivity contribution is 4.91. The third-order valence-corrected chi connectivity index (χ3v) is 3.93. The maximum atomic E-state index is 14.6. The molecule has 0 saturated carbocycles. The summed E-state index contributed by atoms with van der Waals surface area (Å²) >= 11 is 0. The lowest BCUT2D eigenvalue weighted by molar-refractivity contribution is 0.00667. The summed E-state index contributed by atoms with van der Waals surface area (Å²) in [6, 6.07) is 0. The number of likely N-dealkylation sites (tertiary alicyclic amines) is 1. The predicted molar refractivity (Wildman–Crippen MR) is 73.1 cm³/mol. The Hall–Kier alpha value is -0.110. The van der Waals surface area contributed by atoms with Crippen molar-refractivity contribution in [2.75, 3.05) is 13.1 Å². The number of hydrogen-bond acceptors (Lipinski definition) is 1. The van der Waals surface area contributed by atoms with Crippen molar-refractivity contribution >= 4 is 0 Å². The van der Waals surface area contributed by atoms with E-state index in [2.05, 4.69) is 46.4 Å². The highest BCUT2D eigenvalue weighted by Crippen LogP contribution is 2.36. The van der Waals surface area contributed by atoms with Crippen LogP contribution in [-0.4, -0.2) is 29.2 Å². The molecule has 1 aliphatic rings. The Morgan fingerprint density at radius 1 is 1.00 bits per heavy atom. The second kappa shape index (κ2) is 4.87. The molecular weight excluding hydrogens is 213 g/mol. The Morgan fingerprint density at radius 2 is 1.47 bits per heavy atom. The predicted octanol–water partition coefficient (Wildman–Crippen LogP) is 4.42. The zero-order chi connectivity index (χ0) is 13.3. The van der Waals surface area contributed by atoms with E-state index < -0.39 is 5.67 Å². The van der Waals surface area contributed by atoms with Gasteiger partial charge >= 0.3 is 0 Å². The van der Waals surface area contributed by atoms with E-state index in [1.165, 1.54) is 0 Å². The van der Waals surface area contributed by atoms with Gasteiger partial charge in [-0.2, -0.15) is 0 Å². The number of halogens is 1. The average Bonchev–Trinajstić information content (AvgIpc) is 2.13. The van der Waals surface area contributed by atoms with E-state index in [0.29, 0.717) is 12.8 Å². The molecule has 1 heterocycles. The second-order valence-corrected chi connectivity index (χ2v) is 7.87. The van der Waals surface area contributed by atoms with E-state index in [9.17, 15) is 4.39 Å². The summed E-state index contributed by atoms with van der Waals surface area (Å²) in [5.41, 5.74) is -0.472. The fraction of sp³-hybridized carbons (Fsp3) is 1.00. The summed E-state index contributed by atoms with van der Waals surface area (Å²) in [4.78, 5) is 2.40. The summed E-state index contributed by atoms with van der Waals surface area (Å²) in [6.45, 7) is 15.0. The van der Waals surface area contributed by atoms with E-state index in [-0.39, 0.29) is 11.0 Å². The van der Waals surface area contributed by atoms with E-state index in [0.717, 1.165) is 25.9 Å². The molecule has 1 nitrogen and oxygen atoms in total. The van der Waals surface area contributed by atoms with Crippen LogP contribution in [0.2, 0.25) is 0 Å². The highest BCUT2D eigenvalue weighted by atomic mass is 19.1. The lowest BCUT2D eigenvalue weighted by Gasteiger charge is -2.43. The topological polar surface area (TPSA) is 3.24 Å². The van der Waals surface area contributed by atoms with E-state index >= 15 is 0 Å². The third kappa shape index (κ3) is 4.95. The molecule has 1 rings (SSSR count). The minimum absolute atomic E-state index is 0.186. The van der Waals surface area contributed by atoms with Gasteiger partial charge in [-0.25, -0.2) is 4.39 Å². The van der Waals surface area contributed by atoms with Gasteiger partial charge in [-0.15, -0.1) is 0 Å². The lowest BCUT2D eigenvalue weighted by Crippen LogP contribution is -2.50. The van der Waals surface area contributed by atoms with Crippen LogP contribution in [0.1, 0.15) is 67.2 Å². The summed E-state index contributed by atoms with van der Waals surface area (Å²) in [5.74, 6) is 0. The molecule has 102 valence electrons. The zero-order valence-corrected chi connectivity index (χ0v) is 12.6. The van der Waals surface area contributed by atoms with Crippen LogP contribution in [0.5, 0.6) is 0 Å². The molecule has 1 fully saturated rings. The van der Waals surface area contributed by atoms with Crippen LogP contribution in [0, 0.1) is 5.41 Å². The standard InChI is InChI=1S/C15H30FN/c1-13(2,3)7-8-15(16)9-11-17(12-10-15)14(4,5)6/h7-12H2,1-6H3. The van der Waals surface area contributed by atoms with Crippen molar-refractivity contribution in [2.24, 2.45) is 5.41 Å². The van der Waals surface area contributed by atoms with Gasteiger partial charge in [0.05, 0.1) is 0 Å². The van der Waals surface area contributed by atoms with E-state index in [1.807, 2.05) is 0 Å². The van der Waals surface area contributed by atoms with Gasteiger partial charge in [-0.3, -0.25) is 4.90 Å². The number of nitrogens with zero attached hydrogens (tertiary/aromatic N) is 1. The Labute approximate surface area is 107 Å². The number of piperidine rings is 1. The maximum absolute atomic E-state index is 14.6. The largest absolute Gasteiger partial charge is 0.298 e. The molecule has 2 heteroatoms. The number of rotatable bonds is 2.